The monoisotopic (exact) mass is 414 g/mol. The Bertz CT molecular complexity index is 909. The van der Waals surface area contributed by atoms with Crippen LogP contribution in [0.5, 0.6) is 0 Å². The molecule has 3 rings (SSSR count). The maximum atomic E-state index is 13.0. The summed E-state index contributed by atoms with van der Waals surface area (Å²) in [5.41, 5.74) is 2.42. The highest BCUT2D eigenvalue weighted by Gasteiger charge is 2.23. The van der Waals surface area contributed by atoms with Crippen LogP contribution < -0.4 is 10.6 Å². The van der Waals surface area contributed by atoms with Gasteiger partial charge in [-0.05, 0) is 41.5 Å². The zero-order valence-electron chi connectivity index (χ0n) is 14.2. The topological polar surface area (TPSA) is 41.1 Å². The molecule has 0 radical (unpaired) electrons. The molecule has 0 heterocycles. The second-order valence-corrected chi connectivity index (χ2v) is 7.05. The number of halogens is 2. The van der Waals surface area contributed by atoms with Crippen molar-refractivity contribution in [3.05, 3.63) is 100 Å². The standard InChI is InChI=1S/C21H16Cl2N2OS/c22-17-12-11-16(13-18(17)23)24-21(27)25-20(26)19(14-7-3-1-4-8-14)15-9-5-2-6-10-15/h1-13,19H,(H2,24,25,26,27). The summed E-state index contributed by atoms with van der Waals surface area (Å²) in [4.78, 5) is 13.0. The molecule has 0 atom stereocenters. The Labute approximate surface area is 173 Å². The van der Waals surface area contributed by atoms with Crippen molar-refractivity contribution >= 4 is 52.1 Å². The average Bonchev–Trinajstić information content (AvgIpc) is 2.66. The summed E-state index contributed by atoms with van der Waals surface area (Å²) in [6.45, 7) is 0. The smallest absolute Gasteiger partial charge is 0.238 e. The zero-order valence-corrected chi connectivity index (χ0v) is 16.5. The quantitative estimate of drug-likeness (QED) is 0.542. The van der Waals surface area contributed by atoms with Crippen LogP contribution in [0.2, 0.25) is 10.0 Å². The van der Waals surface area contributed by atoms with Gasteiger partial charge in [0.1, 0.15) is 0 Å². The Hall–Kier alpha value is -2.40. The first-order chi connectivity index (χ1) is 13.0. The lowest BCUT2D eigenvalue weighted by Crippen LogP contribution is -2.37. The predicted octanol–water partition coefficient (Wildman–Crippen LogP) is 5.64. The van der Waals surface area contributed by atoms with Crippen LogP contribution in [0.25, 0.3) is 0 Å². The number of rotatable bonds is 4. The lowest BCUT2D eigenvalue weighted by atomic mass is 9.90. The van der Waals surface area contributed by atoms with Crippen LogP contribution in [0.1, 0.15) is 17.0 Å². The molecule has 136 valence electrons. The number of amides is 1. The minimum Gasteiger partial charge on any atom is -0.332 e. The molecule has 27 heavy (non-hydrogen) atoms. The van der Waals surface area contributed by atoms with Crippen LogP contribution in [0.3, 0.4) is 0 Å². The maximum Gasteiger partial charge on any atom is 0.238 e. The first-order valence-electron chi connectivity index (χ1n) is 8.21. The molecule has 0 aliphatic rings. The summed E-state index contributed by atoms with van der Waals surface area (Å²) in [5, 5.41) is 6.76. The number of benzene rings is 3. The first-order valence-corrected chi connectivity index (χ1v) is 9.38. The summed E-state index contributed by atoms with van der Waals surface area (Å²) >= 11 is 17.2. The molecule has 0 fully saturated rings. The van der Waals surface area contributed by atoms with Crippen LogP contribution >= 0.6 is 35.4 Å². The number of carbonyl (C=O) groups is 1. The molecule has 3 aromatic rings. The summed E-state index contributed by atoms with van der Waals surface area (Å²) in [6.07, 6.45) is 0. The molecule has 0 aromatic heterocycles. The highest BCUT2D eigenvalue weighted by molar-refractivity contribution is 7.80. The molecular weight excluding hydrogens is 399 g/mol. The van der Waals surface area contributed by atoms with Gasteiger partial charge in [-0.25, -0.2) is 0 Å². The van der Waals surface area contributed by atoms with Gasteiger partial charge >= 0.3 is 0 Å². The van der Waals surface area contributed by atoms with Gasteiger partial charge in [-0.15, -0.1) is 0 Å². The van der Waals surface area contributed by atoms with E-state index >= 15 is 0 Å². The minimum atomic E-state index is -0.471. The van der Waals surface area contributed by atoms with Crippen molar-refractivity contribution in [2.45, 2.75) is 5.92 Å². The van der Waals surface area contributed by atoms with E-state index in [0.29, 0.717) is 15.7 Å². The van der Waals surface area contributed by atoms with E-state index in [0.717, 1.165) is 11.1 Å². The Morgan fingerprint density at radius 2 is 1.37 bits per heavy atom. The third-order valence-electron chi connectivity index (χ3n) is 3.94. The summed E-state index contributed by atoms with van der Waals surface area (Å²) in [6, 6.07) is 24.2. The Kier molecular flexibility index (Phi) is 6.45. The fourth-order valence-corrected chi connectivity index (χ4v) is 3.22. The van der Waals surface area contributed by atoms with Crippen molar-refractivity contribution in [2.75, 3.05) is 5.32 Å². The van der Waals surface area contributed by atoms with Crippen molar-refractivity contribution in [2.24, 2.45) is 0 Å². The summed E-state index contributed by atoms with van der Waals surface area (Å²) in [5.74, 6) is -0.689. The second-order valence-electron chi connectivity index (χ2n) is 5.83. The number of nitrogens with one attached hydrogen (secondary N) is 2. The SMILES string of the molecule is O=C(NC(=S)Nc1ccc(Cl)c(Cl)c1)C(c1ccccc1)c1ccccc1. The molecule has 0 unspecified atom stereocenters. The van der Waals surface area contributed by atoms with Crippen LogP contribution in [0.15, 0.2) is 78.9 Å². The molecule has 0 aliphatic heterocycles. The maximum absolute atomic E-state index is 13.0. The second kappa shape index (κ2) is 9.00. The summed E-state index contributed by atoms with van der Waals surface area (Å²) < 4.78 is 0. The number of hydrogen-bond acceptors (Lipinski definition) is 2. The fourth-order valence-electron chi connectivity index (χ4n) is 2.71. The predicted molar refractivity (Wildman–Crippen MR) is 116 cm³/mol. The van der Waals surface area contributed by atoms with E-state index in [1.807, 2.05) is 60.7 Å². The van der Waals surface area contributed by atoms with Crippen LogP contribution in [-0.4, -0.2) is 11.0 Å². The van der Waals surface area contributed by atoms with Crippen molar-refractivity contribution in [3.63, 3.8) is 0 Å². The highest BCUT2D eigenvalue weighted by atomic mass is 35.5. The molecule has 2 N–H and O–H groups in total. The van der Waals surface area contributed by atoms with Gasteiger partial charge in [-0.1, -0.05) is 83.9 Å². The average molecular weight is 415 g/mol. The Morgan fingerprint density at radius 1 is 0.815 bits per heavy atom. The van der Waals surface area contributed by atoms with Gasteiger partial charge in [-0.3, -0.25) is 4.79 Å². The minimum absolute atomic E-state index is 0.190. The molecule has 1 amide bonds. The lowest BCUT2D eigenvalue weighted by molar-refractivity contribution is -0.120. The molecule has 0 saturated heterocycles. The molecule has 3 nitrogen and oxygen atoms in total. The molecule has 0 spiro atoms. The highest BCUT2D eigenvalue weighted by Crippen LogP contribution is 2.26. The van der Waals surface area contributed by atoms with Crippen molar-refractivity contribution < 1.29 is 4.79 Å². The van der Waals surface area contributed by atoms with Crippen molar-refractivity contribution in [3.8, 4) is 0 Å². The number of thiocarbonyl (C=S) groups is 1. The van der Waals surface area contributed by atoms with Gasteiger partial charge in [-0.2, -0.15) is 0 Å². The Morgan fingerprint density at radius 3 is 1.89 bits per heavy atom. The van der Waals surface area contributed by atoms with Gasteiger partial charge < -0.3 is 10.6 Å². The van der Waals surface area contributed by atoms with Gasteiger partial charge in [0.05, 0.1) is 16.0 Å². The van der Waals surface area contributed by atoms with Crippen LogP contribution in [-0.2, 0) is 4.79 Å². The van der Waals surface area contributed by atoms with E-state index in [1.165, 1.54) is 0 Å². The van der Waals surface area contributed by atoms with Crippen LogP contribution in [0.4, 0.5) is 5.69 Å². The largest absolute Gasteiger partial charge is 0.332 e. The van der Waals surface area contributed by atoms with Crippen LogP contribution in [0, 0.1) is 0 Å². The molecule has 0 aliphatic carbocycles. The molecule has 3 aromatic carbocycles. The van der Waals surface area contributed by atoms with Gasteiger partial charge in [0.25, 0.3) is 0 Å². The fraction of sp³-hybridized carbons (Fsp3) is 0.0476. The Balaban J connectivity index is 1.78. The van der Waals surface area contributed by atoms with Gasteiger partial charge in [0, 0.05) is 5.69 Å². The molecule has 6 heteroatoms. The van der Waals surface area contributed by atoms with E-state index in [2.05, 4.69) is 10.6 Å². The third-order valence-corrected chi connectivity index (χ3v) is 4.89. The van der Waals surface area contributed by atoms with E-state index in [-0.39, 0.29) is 11.0 Å². The van der Waals surface area contributed by atoms with E-state index in [1.54, 1.807) is 18.2 Å². The summed E-state index contributed by atoms with van der Waals surface area (Å²) in [7, 11) is 0. The number of carbonyl (C=O) groups excluding carboxylic acids is 1. The van der Waals surface area contributed by atoms with E-state index in [9.17, 15) is 4.79 Å². The molecule has 0 saturated carbocycles. The third kappa shape index (κ3) is 5.07. The molecular formula is C21H16Cl2N2OS. The molecule has 0 bridgehead atoms. The number of hydrogen-bond donors (Lipinski definition) is 2. The first kappa shape index (κ1) is 19.4. The number of anilines is 1. The van der Waals surface area contributed by atoms with Gasteiger partial charge in [0.2, 0.25) is 5.91 Å². The van der Waals surface area contributed by atoms with Crippen molar-refractivity contribution in [1.29, 1.82) is 0 Å². The van der Waals surface area contributed by atoms with Gasteiger partial charge in [0.15, 0.2) is 5.11 Å². The van der Waals surface area contributed by atoms with E-state index in [4.69, 9.17) is 35.4 Å². The van der Waals surface area contributed by atoms with Crippen molar-refractivity contribution in [1.82, 2.24) is 5.32 Å². The van der Waals surface area contributed by atoms with E-state index < -0.39 is 5.92 Å². The normalized spacial score (nSPS) is 10.5. The zero-order chi connectivity index (χ0) is 19.2. The lowest BCUT2D eigenvalue weighted by Gasteiger charge is -2.18.